The highest BCUT2D eigenvalue weighted by molar-refractivity contribution is 7.98. The first-order chi connectivity index (χ1) is 9.74. The van der Waals surface area contributed by atoms with E-state index in [-0.39, 0.29) is 0 Å². The van der Waals surface area contributed by atoms with Gasteiger partial charge in [0.25, 0.3) is 0 Å². The van der Waals surface area contributed by atoms with E-state index >= 15 is 0 Å². The second-order valence-electron chi connectivity index (χ2n) is 4.51. The molecule has 2 N–H and O–H groups in total. The number of ether oxygens (including phenoxy) is 1. The Morgan fingerprint density at radius 1 is 1.60 bits per heavy atom. The van der Waals surface area contributed by atoms with Crippen molar-refractivity contribution in [3.63, 3.8) is 0 Å². The number of fused-ring (bicyclic) bond motifs is 3. The topological polar surface area (TPSA) is 64.1 Å². The Kier molecular flexibility index (Phi) is 3.76. The predicted molar refractivity (Wildman–Crippen MR) is 81.5 cm³/mol. The molecule has 2 aromatic rings. The van der Waals surface area contributed by atoms with Crippen molar-refractivity contribution in [1.82, 2.24) is 9.29 Å². The lowest BCUT2D eigenvalue weighted by Crippen LogP contribution is -2.25. The summed E-state index contributed by atoms with van der Waals surface area (Å²) in [5, 5.41) is 10.5. The van der Waals surface area contributed by atoms with E-state index in [0.29, 0.717) is 17.2 Å². The molecule has 1 aliphatic rings. The number of nitrogens with one attached hydrogen (secondary N) is 2. The molecule has 104 valence electrons. The van der Waals surface area contributed by atoms with Crippen molar-refractivity contribution >= 4 is 40.3 Å². The Morgan fingerprint density at radius 3 is 3.20 bits per heavy atom. The summed E-state index contributed by atoms with van der Waals surface area (Å²) >= 11 is 7.86. The van der Waals surface area contributed by atoms with Crippen molar-refractivity contribution in [2.45, 2.75) is 6.54 Å². The van der Waals surface area contributed by atoms with Gasteiger partial charge in [-0.25, -0.2) is 4.31 Å². The number of anilines is 1. The number of nitrogens with zero attached hydrogens (tertiary/aromatic N) is 2. The molecule has 0 unspecified atom stereocenters. The minimum atomic E-state index is 0.571. The van der Waals surface area contributed by atoms with Crippen LogP contribution in [0, 0.1) is 11.3 Å². The van der Waals surface area contributed by atoms with E-state index in [9.17, 15) is 0 Å². The lowest BCUT2D eigenvalue weighted by Gasteiger charge is -2.28. The molecule has 0 radical (unpaired) electrons. The van der Waals surface area contributed by atoms with Crippen molar-refractivity contribution in [1.29, 1.82) is 5.26 Å². The van der Waals surface area contributed by atoms with Gasteiger partial charge >= 0.3 is 0 Å². The Bertz CT molecular complexity index is 694. The van der Waals surface area contributed by atoms with E-state index in [1.165, 1.54) is 0 Å². The number of hydrogen-bond donors (Lipinski definition) is 2. The lowest BCUT2D eigenvalue weighted by molar-refractivity contribution is 0.181. The maximum Gasteiger partial charge on any atom is 0.101 e. The van der Waals surface area contributed by atoms with Crippen molar-refractivity contribution in [2.24, 2.45) is 0 Å². The molecular weight excluding hydrogens is 296 g/mol. The molecule has 0 atom stereocenters. The van der Waals surface area contributed by atoms with Crippen LogP contribution in [0.4, 0.5) is 5.69 Å². The first-order valence-electron chi connectivity index (χ1n) is 6.14. The SMILES string of the molecule is COCCN1Cc2cc(Cl)c3c(C#N)c[nH]c3c2NS1. The fourth-order valence-electron chi connectivity index (χ4n) is 2.31. The number of benzene rings is 1. The fraction of sp³-hybridized carbons (Fsp3) is 0.308. The number of H-pyrrole nitrogens is 1. The zero-order valence-electron chi connectivity index (χ0n) is 10.9. The average Bonchev–Trinajstić information content (AvgIpc) is 2.89. The number of aromatic nitrogens is 1. The molecule has 0 amide bonds. The third-order valence-corrected chi connectivity index (χ3v) is 4.44. The van der Waals surface area contributed by atoms with Crippen LogP contribution in [0.25, 0.3) is 10.9 Å². The molecule has 3 rings (SSSR count). The maximum atomic E-state index is 9.12. The van der Waals surface area contributed by atoms with Gasteiger partial charge in [-0.15, -0.1) is 0 Å². The van der Waals surface area contributed by atoms with Gasteiger partial charge in [-0.2, -0.15) is 5.26 Å². The van der Waals surface area contributed by atoms with Crippen LogP contribution < -0.4 is 4.72 Å². The van der Waals surface area contributed by atoms with Crippen LogP contribution >= 0.6 is 23.7 Å². The minimum absolute atomic E-state index is 0.571. The molecule has 0 spiro atoms. The number of halogens is 1. The summed E-state index contributed by atoms with van der Waals surface area (Å²) in [6.07, 6.45) is 1.69. The van der Waals surface area contributed by atoms with Crippen LogP contribution in [-0.4, -0.2) is 29.6 Å². The second kappa shape index (κ2) is 5.54. The molecule has 7 heteroatoms. The van der Waals surface area contributed by atoms with Crippen molar-refractivity contribution in [3.05, 3.63) is 28.4 Å². The highest BCUT2D eigenvalue weighted by atomic mass is 35.5. The van der Waals surface area contributed by atoms with E-state index in [1.807, 2.05) is 6.07 Å². The first kappa shape index (κ1) is 13.6. The average molecular weight is 309 g/mol. The third-order valence-electron chi connectivity index (χ3n) is 3.28. The summed E-state index contributed by atoms with van der Waals surface area (Å²) in [6, 6.07) is 4.09. The summed E-state index contributed by atoms with van der Waals surface area (Å²) < 4.78 is 10.6. The molecule has 0 saturated carbocycles. The number of aromatic amines is 1. The van der Waals surface area contributed by atoms with Crippen LogP contribution in [0.3, 0.4) is 0 Å². The lowest BCUT2D eigenvalue weighted by atomic mass is 10.1. The van der Waals surface area contributed by atoms with Gasteiger partial charge in [0.2, 0.25) is 0 Å². The molecule has 0 aliphatic carbocycles. The Morgan fingerprint density at radius 2 is 2.45 bits per heavy atom. The van der Waals surface area contributed by atoms with Crippen LogP contribution in [0.15, 0.2) is 12.3 Å². The number of rotatable bonds is 3. The number of hydrogen-bond acceptors (Lipinski definition) is 5. The van der Waals surface area contributed by atoms with Gasteiger partial charge in [-0.05, 0) is 11.6 Å². The van der Waals surface area contributed by atoms with Gasteiger partial charge in [0, 0.05) is 43.9 Å². The standard InChI is InChI=1S/C13H13ClN4OS/c1-19-3-2-18-7-8-4-10(14)11-9(5-15)6-16-13(11)12(8)17-20-18/h4,6,16-17H,2-3,7H2,1H3. The Labute approximate surface area is 126 Å². The highest BCUT2D eigenvalue weighted by Crippen LogP contribution is 2.39. The Balaban J connectivity index is 2.01. The Hall–Kier alpha value is -1.39. The quantitative estimate of drug-likeness (QED) is 0.853. The summed E-state index contributed by atoms with van der Waals surface area (Å²) in [4.78, 5) is 3.14. The molecule has 2 heterocycles. The van der Waals surface area contributed by atoms with E-state index in [2.05, 4.69) is 20.1 Å². The third kappa shape index (κ3) is 2.23. The van der Waals surface area contributed by atoms with Crippen molar-refractivity contribution in [2.75, 3.05) is 25.0 Å². The summed E-state index contributed by atoms with van der Waals surface area (Å²) in [7, 11) is 1.69. The van der Waals surface area contributed by atoms with Crippen molar-refractivity contribution < 1.29 is 4.74 Å². The minimum Gasteiger partial charge on any atom is -0.383 e. The smallest absolute Gasteiger partial charge is 0.101 e. The monoisotopic (exact) mass is 308 g/mol. The van der Waals surface area contributed by atoms with Gasteiger partial charge in [0.1, 0.15) is 6.07 Å². The van der Waals surface area contributed by atoms with Crippen LogP contribution in [0.1, 0.15) is 11.1 Å². The molecule has 1 aromatic heterocycles. The largest absolute Gasteiger partial charge is 0.383 e. The van der Waals surface area contributed by atoms with Gasteiger partial charge in [-0.1, -0.05) is 11.6 Å². The molecule has 5 nitrogen and oxygen atoms in total. The van der Waals surface area contributed by atoms with E-state index < -0.39 is 0 Å². The zero-order chi connectivity index (χ0) is 14.1. The predicted octanol–water partition coefficient (Wildman–Crippen LogP) is 3.13. The van der Waals surface area contributed by atoms with E-state index in [4.69, 9.17) is 21.6 Å². The van der Waals surface area contributed by atoms with E-state index in [1.54, 1.807) is 25.4 Å². The summed E-state index contributed by atoms with van der Waals surface area (Å²) in [5.41, 5.74) is 3.58. The normalized spacial score (nSPS) is 14.8. The van der Waals surface area contributed by atoms with Crippen molar-refractivity contribution in [3.8, 4) is 6.07 Å². The second-order valence-corrected chi connectivity index (χ2v) is 5.82. The zero-order valence-corrected chi connectivity index (χ0v) is 12.4. The van der Waals surface area contributed by atoms with Gasteiger partial charge in [0.15, 0.2) is 0 Å². The van der Waals surface area contributed by atoms with Crippen LogP contribution in [0.5, 0.6) is 0 Å². The first-order valence-corrected chi connectivity index (χ1v) is 7.29. The number of nitriles is 1. The van der Waals surface area contributed by atoms with Crippen LogP contribution in [0.2, 0.25) is 5.02 Å². The van der Waals surface area contributed by atoms with Gasteiger partial charge in [-0.3, -0.25) is 0 Å². The molecule has 20 heavy (non-hydrogen) atoms. The fourth-order valence-corrected chi connectivity index (χ4v) is 3.46. The van der Waals surface area contributed by atoms with E-state index in [0.717, 1.165) is 35.2 Å². The van der Waals surface area contributed by atoms with Gasteiger partial charge < -0.3 is 14.4 Å². The molecular formula is C13H13ClN4OS. The highest BCUT2D eigenvalue weighted by Gasteiger charge is 2.22. The maximum absolute atomic E-state index is 9.12. The molecule has 1 aliphatic heterocycles. The molecule has 0 bridgehead atoms. The van der Waals surface area contributed by atoms with Crippen LogP contribution in [-0.2, 0) is 11.3 Å². The molecule has 0 saturated heterocycles. The molecule has 1 aromatic carbocycles. The molecule has 0 fully saturated rings. The number of methoxy groups -OCH3 is 1. The summed E-state index contributed by atoms with van der Waals surface area (Å²) in [5.74, 6) is 0. The summed E-state index contributed by atoms with van der Waals surface area (Å²) in [6.45, 7) is 2.30. The van der Waals surface area contributed by atoms with Gasteiger partial charge in [0.05, 0.1) is 28.4 Å².